The van der Waals surface area contributed by atoms with Crippen molar-refractivity contribution in [2.75, 3.05) is 17.2 Å². The third kappa shape index (κ3) is 5.16. The fourth-order valence-corrected chi connectivity index (χ4v) is 3.18. The Labute approximate surface area is 178 Å². The molecular weight excluding hydrogens is 399 g/mol. The maximum Gasteiger partial charge on any atom is 0.330 e. The number of H-pyrrole nitrogens is 1. The monoisotopic (exact) mass is 422 g/mol. The van der Waals surface area contributed by atoms with Crippen LogP contribution >= 0.6 is 0 Å². The van der Waals surface area contributed by atoms with Crippen molar-refractivity contribution >= 4 is 23.5 Å². The SMILES string of the molecule is CCCN(C(=O)C=Cc1cccc(F)c1)c1c(N)n(Cc2ccccc2)c(=O)[nH]c1=O. The molecule has 3 N–H and O–H groups in total. The number of hydrogen-bond donors (Lipinski definition) is 2. The summed E-state index contributed by atoms with van der Waals surface area (Å²) in [6.45, 7) is 2.20. The molecule has 7 nitrogen and oxygen atoms in total. The molecule has 0 aliphatic heterocycles. The van der Waals surface area contributed by atoms with Crippen molar-refractivity contribution in [1.29, 1.82) is 0 Å². The van der Waals surface area contributed by atoms with E-state index in [2.05, 4.69) is 4.98 Å². The topological polar surface area (TPSA) is 101 Å². The van der Waals surface area contributed by atoms with Gasteiger partial charge in [0, 0.05) is 12.6 Å². The number of amides is 1. The number of halogens is 1. The zero-order valence-electron chi connectivity index (χ0n) is 17.0. The normalized spacial score (nSPS) is 11.0. The van der Waals surface area contributed by atoms with Crippen molar-refractivity contribution in [2.24, 2.45) is 0 Å². The molecule has 2 aromatic carbocycles. The Morgan fingerprint density at radius 3 is 2.58 bits per heavy atom. The van der Waals surface area contributed by atoms with Gasteiger partial charge in [-0.2, -0.15) is 0 Å². The van der Waals surface area contributed by atoms with E-state index < -0.39 is 23.0 Å². The number of nitrogen functional groups attached to an aromatic ring is 1. The van der Waals surface area contributed by atoms with E-state index in [0.717, 1.165) is 5.56 Å². The van der Waals surface area contributed by atoms with Crippen LogP contribution in [0, 0.1) is 5.82 Å². The average molecular weight is 422 g/mol. The van der Waals surface area contributed by atoms with E-state index in [4.69, 9.17) is 5.73 Å². The number of carbonyl (C=O) groups excluding carboxylic acids is 1. The van der Waals surface area contributed by atoms with E-state index in [-0.39, 0.29) is 24.6 Å². The maximum atomic E-state index is 13.4. The van der Waals surface area contributed by atoms with Crippen LogP contribution in [0.3, 0.4) is 0 Å². The molecule has 0 unspecified atom stereocenters. The Kier molecular flexibility index (Phi) is 6.81. The van der Waals surface area contributed by atoms with Gasteiger partial charge in [-0.1, -0.05) is 49.4 Å². The van der Waals surface area contributed by atoms with Crippen LogP contribution in [0.4, 0.5) is 15.9 Å². The first kappa shape index (κ1) is 21.8. The van der Waals surface area contributed by atoms with Crippen molar-refractivity contribution in [1.82, 2.24) is 9.55 Å². The number of rotatable bonds is 7. The number of aromatic amines is 1. The fraction of sp³-hybridized carbons (Fsp3) is 0.174. The number of aromatic nitrogens is 2. The highest BCUT2D eigenvalue weighted by molar-refractivity contribution is 6.05. The fourth-order valence-electron chi connectivity index (χ4n) is 3.18. The second-order valence-electron chi connectivity index (χ2n) is 6.94. The molecule has 3 aromatic rings. The number of nitrogens with two attached hydrogens (primary N) is 1. The van der Waals surface area contributed by atoms with Gasteiger partial charge in [-0.05, 0) is 35.8 Å². The Bertz CT molecular complexity index is 1220. The van der Waals surface area contributed by atoms with Crippen molar-refractivity contribution in [3.8, 4) is 0 Å². The van der Waals surface area contributed by atoms with Crippen molar-refractivity contribution in [2.45, 2.75) is 19.9 Å². The molecule has 0 bridgehead atoms. The second kappa shape index (κ2) is 9.71. The lowest BCUT2D eigenvalue weighted by atomic mass is 10.2. The smallest absolute Gasteiger partial charge is 0.330 e. The van der Waals surface area contributed by atoms with E-state index in [1.165, 1.54) is 39.8 Å². The highest BCUT2D eigenvalue weighted by atomic mass is 19.1. The average Bonchev–Trinajstić information content (AvgIpc) is 2.75. The predicted octanol–water partition coefficient (Wildman–Crippen LogP) is 2.76. The molecule has 0 saturated heterocycles. The number of carbonyl (C=O) groups is 1. The largest absolute Gasteiger partial charge is 0.383 e. The molecule has 3 rings (SSSR count). The zero-order chi connectivity index (χ0) is 22.4. The first-order valence-corrected chi connectivity index (χ1v) is 9.82. The van der Waals surface area contributed by atoms with Gasteiger partial charge in [-0.3, -0.25) is 19.1 Å². The van der Waals surface area contributed by atoms with Gasteiger partial charge in [0.25, 0.3) is 11.5 Å². The molecule has 1 heterocycles. The van der Waals surface area contributed by atoms with E-state index in [9.17, 15) is 18.8 Å². The molecule has 0 radical (unpaired) electrons. The molecule has 160 valence electrons. The maximum absolute atomic E-state index is 13.4. The molecule has 0 aliphatic carbocycles. The van der Waals surface area contributed by atoms with Crippen LogP contribution in [-0.4, -0.2) is 22.0 Å². The highest BCUT2D eigenvalue weighted by Crippen LogP contribution is 2.19. The van der Waals surface area contributed by atoms with Gasteiger partial charge in [-0.15, -0.1) is 0 Å². The highest BCUT2D eigenvalue weighted by Gasteiger charge is 2.22. The minimum Gasteiger partial charge on any atom is -0.383 e. The first-order valence-electron chi connectivity index (χ1n) is 9.82. The molecular formula is C23H23FN4O3. The van der Waals surface area contributed by atoms with Crippen LogP contribution in [0.25, 0.3) is 6.08 Å². The predicted molar refractivity (Wildman–Crippen MR) is 119 cm³/mol. The lowest BCUT2D eigenvalue weighted by Crippen LogP contribution is -2.41. The van der Waals surface area contributed by atoms with Gasteiger partial charge >= 0.3 is 5.69 Å². The van der Waals surface area contributed by atoms with E-state index in [1.807, 2.05) is 37.3 Å². The Hall–Kier alpha value is -3.94. The number of nitrogens with zero attached hydrogens (tertiary/aromatic N) is 2. The summed E-state index contributed by atoms with van der Waals surface area (Å²) in [6.07, 6.45) is 3.25. The molecule has 0 fully saturated rings. The number of benzene rings is 2. The van der Waals surface area contributed by atoms with Gasteiger partial charge in [-0.25, -0.2) is 9.18 Å². The summed E-state index contributed by atoms with van der Waals surface area (Å²) >= 11 is 0. The van der Waals surface area contributed by atoms with Gasteiger partial charge in [0.15, 0.2) is 5.69 Å². The summed E-state index contributed by atoms with van der Waals surface area (Å²) in [5.74, 6) is -1.03. The Morgan fingerprint density at radius 1 is 1.16 bits per heavy atom. The minimum atomic E-state index is -0.743. The molecule has 0 aliphatic rings. The summed E-state index contributed by atoms with van der Waals surface area (Å²) in [6, 6.07) is 14.9. The van der Waals surface area contributed by atoms with Crippen molar-refractivity contribution in [3.05, 3.63) is 98.5 Å². The first-order chi connectivity index (χ1) is 14.9. The van der Waals surface area contributed by atoms with Crippen LogP contribution < -0.4 is 21.9 Å². The molecule has 1 amide bonds. The van der Waals surface area contributed by atoms with Crippen molar-refractivity contribution < 1.29 is 9.18 Å². The quantitative estimate of drug-likeness (QED) is 0.572. The molecule has 8 heteroatoms. The van der Waals surface area contributed by atoms with Crippen LogP contribution in [0.5, 0.6) is 0 Å². The summed E-state index contributed by atoms with van der Waals surface area (Å²) < 4.78 is 14.6. The number of nitrogens with one attached hydrogen (secondary N) is 1. The van der Waals surface area contributed by atoms with Crippen LogP contribution in [-0.2, 0) is 11.3 Å². The summed E-state index contributed by atoms with van der Waals surface area (Å²) in [5.41, 5.74) is 6.03. The molecule has 0 saturated carbocycles. The van der Waals surface area contributed by atoms with Crippen molar-refractivity contribution in [3.63, 3.8) is 0 Å². The van der Waals surface area contributed by atoms with Gasteiger partial charge in [0.2, 0.25) is 0 Å². The van der Waals surface area contributed by atoms with Crippen LogP contribution in [0.2, 0.25) is 0 Å². The lowest BCUT2D eigenvalue weighted by Gasteiger charge is -2.23. The van der Waals surface area contributed by atoms with E-state index in [1.54, 1.807) is 6.07 Å². The lowest BCUT2D eigenvalue weighted by molar-refractivity contribution is -0.114. The number of hydrogen-bond acceptors (Lipinski definition) is 4. The van der Waals surface area contributed by atoms with Gasteiger partial charge in [0.05, 0.1) is 6.54 Å². The third-order valence-corrected chi connectivity index (χ3v) is 4.65. The zero-order valence-corrected chi connectivity index (χ0v) is 17.0. The standard InChI is InChI=1S/C23H23FN4O3/c1-2-13-27(19(29)12-11-16-9-6-10-18(24)14-16)20-21(25)28(23(31)26-22(20)30)15-17-7-4-3-5-8-17/h3-12,14H,2,13,15,25H2,1H3,(H,26,30,31). The molecule has 0 atom stereocenters. The van der Waals surface area contributed by atoms with E-state index >= 15 is 0 Å². The summed E-state index contributed by atoms with van der Waals surface area (Å²) in [5, 5.41) is 0. The van der Waals surface area contributed by atoms with E-state index in [0.29, 0.717) is 12.0 Å². The molecule has 31 heavy (non-hydrogen) atoms. The van der Waals surface area contributed by atoms with Crippen LogP contribution in [0.1, 0.15) is 24.5 Å². The minimum absolute atomic E-state index is 0.0914. The Balaban J connectivity index is 2.00. The summed E-state index contributed by atoms with van der Waals surface area (Å²) in [7, 11) is 0. The molecule has 0 spiro atoms. The number of anilines is 2. The summed E-state index contributed by atoms with van der Waals surface area (Å²) in [4.78, 5) is 41.3. The van der Waals surface area contributed by atoms with Crippen LogP contribution in [0.15, 0.2) is 70.3 Å². The Morgan fingerprint density at radius 2 is 1.90 bits per heavy atom. The third-order valence-electron chi connectivity index (χ3n) is 4.65. The van der Waals surface area contributed by atoms with Gasteiger partial charge in [0.1, 0.15) is 11.6 Å². The molecule has 1 aromatic heterocycles. The second-order valence-corrected chi connectivity index (χ2v) is 6.94. The van der Waals surface area contributed by atoms with Gasteiger partial charge < -0.3 is 10.6 Å².